The zero-order valence-electron chi connectivity index (χ0n) is 19.7. The van der Waals surface area contributed by atoms with Gasteiger partial charge in [0.15, 0.2) is 0 Å². The Morgan fingerprint density at radius 3 is 2.06 bits per heavy atom. The van der Waals surface area contributed by atoms with Crippen LogP contribution in [-0.4, -0.2) is 31.0 Å². The van der Waals surface area contributed by atoms with Gasteiger partial charge >= 0.3 is 0 Å². The molecule has 0 atom stereocenters. The van der Waals surface area contributed by atoms with Gasteiger partial charge in [-0.25, -0.2) is 0 Å². The first kappa shape index (κ1) is 22.5. The molecule has 0 saturated carbocycles. The monoisotopic (exact) mass is 469 g/mol. The number of ether oxygens (including phenoxy) is 2. The summed E-state index contributed by atoms with van der Waals surface area (Å²) in [6.07, 6.45) is 4.44. The van der Waals surface area contributed by atoms with Crippen LogP contribution in [0.4, 0.5) is 11.4 Å². The summed E-state index contributed by atoms with van der Waals surface area (Å²) in [5.74, 6) is 0.285. The standard InChI is InChI=1S/C28H27N3O4/c1-34-25-16-24(26(35-2)15-23(25)30-27(32)17-8-4-3-5-9-17)31-28(33)18-12-13-22-20(14-18)19-10-6-7-11-21(19)29-22/h3-5,8-9,12-16,29H,6-7,10-11H2,1-2H3,(H,30,32)(H,31,33). The van der Waals surface area contributed by atoms with E-state index in [2.05, 4.69) is 15.6 Å². The van der Waals surface area contributed by atoms with Crippen LogP contribution in [0.1, 0.15) is 44.8 Å². The molecule has 5 rings (SSSR count). The minimum atomic E-state index is -0.272. The number of methoxy groups -OCH3 is 2. The highest BCUT2D eigenvalue weighted by atomic mass is 16.5. The highest BCUT2D eigenvalue weighted by Gasteiger charge is 2.19. The minimum Gasteiger partial charge on any atom is -0.494 e. The number of benzene rings is 3. The fourth-order valence-electron chi connectivity index (χ4n) is 4.62. The van der Waals surface area contributed by atoms with Crippen molar-refractivity contribution < 1.29 is 19.1 Å². The number of carbonyl (C=O) groups excluding carboxylic acids is 2. The summed E-state index contributed by atoms with van der Waals surface area (Å²) in [4.78, 5) is 29.3. The zero-order chi connectivity index (χ0) is 24.4. The molecule has 3 N–H and O–H groups in total. The molecule has 4 aromatic rings. The van der Waals surface area contributed by atoms with Crippen LogP contribution >= 0.6 is 0 Å². The summed E-state index contributed by atoms with van der Waals surface area (Å²) in [7, 11) is 3.02. The van der Waals surface area contributed by atoms with Crippen molar-refractivity contribution in [3.63, 3.8) is 0 Å². The Balaban J connectivity index is 1.41. The molecule has 1 aliphatic carbocycles. The van der Waals surface area contributed by atoms with Gasteiger partial charge in [-0.15, -0.1) is 0 Å². The number of aryl methyl sites for hydroxylation is 2. The molecule has 0 spiro atoms. The molecule has 1 heterocycles. The van der Waals surface area contributed by atoms with E-state index in [1.165, 1.54) is 38.3 Å². The van der Waals surface area contributed by atoms with Crippen LogP contribution in [0.2, 0.25) is 0 Å². The van der Waals surface area contributed by atoms with E-state index in [1.54, 1.807) is 36.4 Å². The predicted molar refractivity (Wildman–Crippen MR) is 137 cm³/mol. The third kappa shape index (κ3) is 4.45. The van der Waals surface area contributed by atoms with Crippen LogP contribution < -0.4 is 20.1 Å². The van der Waals surface area contributed by atoms with Crippen molar-refractivity contribution >= 4 is 34.1 Å². The highest BCUT2D eigenvalue weighted by molar-refractivity contribution is 6.08. The van der Waals surface area contributed by atoms with E-state index in [0.29, 0.717) is 34.0 Å². The van der Waals surface area contributed by atoms with Crippen LogP contribution in [0, 0.1) is 0 Å². The second kappa shape index (κ2) is 9.54. The average Bonchev–Trinajstić information content (AvgIpc) is 3.27. The number of fused-ring (bicyclic) bond motifs is 3. The van der Waals surface area contributed by atoms with E-state index < -0.39 is 0 Å². The van der Waals surface area contributed by atoms with Crippen LogP contribution in [0.15, 0.2) is 60.7 Å². The second-order valence-corrected chi connectivity index (χ2v) is 8.58. The van der Waals surface area contributed by atoms with Gasteiger partial charge in [0.2, 0.25) is 0 Å². The predicted octanol–water partition coefficient (Wildman–Crippen LogP) is 5.57. The summed E-state index contributed by atoms with van der Waals surface area (Å²) in [6, 6.07) is 17.9. The molecule has 0 fully saturated rings. The molecular weight excluding hydrogens is 442 g/mol. The molecule has 2 amide bonds. The van der Waals surface area contributed by atoms with Gasteiger partial charge in [0.05, 0.1) is 25.6 Å². The van der Waals surface area contributed by atoms with Crippen molar-refractivity contribution in [1.82, 2.24) is 4.98 Å². The maximum Gasteiger partial charge on any atom is 0.255 e. The second-order valence-electron chi connectivity index (χ2n) is 8.58. The third-order valence-electron chi connectivity index (χ3n) is 6.41. The number of anilines is 2. The van der Waals surface area contributed by atoms with Gasteiger partial charge in [0, 0.05) is 39.9 Å². The quantitative estimate of drug-likeness (QED) is 0.344. The molecule has 0 bridgehead atoms. The fraction of sp³-hybridized carbons (Fsp3) is 0.214. The molecular formula is C28H27N3O4. The third-order valence-corrected chi connectivity index (χ3v) is 6.41. The fourth-order valence-corrected chi connectivity index (χ4v) is 4.62. The number of H-pyrrole nitrogens is 1. The molecule has 1 aromatic heterocycles. The van der Waals surface area contributed by atoms with Crippen molar-refractivity contribution in [1.29, 1.82) is 0 Å². The van der Waals surface area contributed by atoms with Gasteiger partial charge < -0.3 is 25.1 Å². The van der Waals surface area contributed by atoms with Gasteiger partial charge in [-0.1, -0.05) is 18.2 Å². The number of rotatable bonds is 6. The molecule has 7 nitrogen and oxygen atoms in total. The largest absolute Gasteiger partial charge is 0.494 e. The van der Waals surface area contributed by atoms with Gasteiger partial charge in [-0.2, -0.15) is 0 Å². The van der Waals surface area contributed by atoms with E-state index in [0.717, 1.165) is 23.7 Å². The maximum absolute atomic E-state index is 13.2. The van der Waals surface area contributed by atoms with E-state index in [9.17, 15) is 9.59 Å². The Morgan fingerprint density at radius 2 is 1.40 bits per heavy atom. The van der Waals surface area contributed by atoms with Crippen LogP contribution in [0.25, 0.3) is 10.9 Å². The first-order valence-electron chi connectivity index (χ1n) is 11.6. The van der Waals surface area contributed by atoms with Crippen LogP contribution in [-0.2, 0) is 12.8 Å². The summed E-state index contributed by atoms with van der Waals surface area (Å²) in [5, 5.41) is 6.89. The first-order chi connectivity index (χ1) is 17.1. The lowest BCUT2D eigenvalue weighted by atomic mass is 9.95. The van der Waals surface area contributed by atoms with Crippen molar-refractivity contribution in [3.05, 3.63) is 83.0 Å². The minimum absolute atomic E-state index is 0.251. The van der Waals surface area contributed by atoms with Gasteiger partial charge in [-0.05, 0) is 61.6 Å². The SMILES string of the molecule is COc1cc(NC(=O)c2ccc3[nH]c4c(c3c2)CCCC4)c(OC)cc1NC(=O)c1ccccc1. The molecule has 178 valence electrons. The molecule has 0 radical (unpaired) electrons. The summed E-state index contributed by atoms with van der Waals surface area (Å²) in [6.45, 7) is 0. The van der Waals surface area contributed by atoms with E-state index >= 15 is 0 Å². The molecule has 0 aliphatic heterocycles. The van der Waals surface area contributed by atoms with Gasteiger partial charge in [0.25, 0.3) is 11.8 Å². The summed E-state index contributed by atoms with van der Waals surface area (Å²) in [5.41, 5.74) is 5.63. The Kier molecular flexibility index (Phi) is 6.14. The Hall–Kier alpha value is -4.26. The van der Waals surface area contributed by atoms with Crippen molar-refractivity contribution in [2.24, 2.45) is 0 Å². The molecule has 3 aromatic carbocycles. The number of nitrogens with one attached hydrogen (secondary N) is 3. The highest BCUT2D eigenvalue weighted by Crippen LogP contribution is 2.37. The van der Waals surface area contributed by atoms with Gasteiger partial charge in [0.1, 0.15) is 11.5 Å². The lowest BCUT2D eigenvalue weighted by Crippen LogP contribution is -2.15. The number of hydrogen-bond donors (Lipinski definition) is 3. The Morgan fingerprint density at radius 1 is 0.771 bits per heavy atom. The Labute approximate surface area is 203 Å². The zero-order valence-corrected chi connectivity index (χ0v) is 19.7. The first-order valence-corrected chi connectivity index (χ1v) is 11.6. The smallest absolute Gasteiger partial charge is 0.255 e. The molecule has 7 heteroatoms. The number of aromatic amines is 1. The molecule has 0 saturated heterocycles. The van der Waals surface area contributed by atoms with E-state index in [-0.39, 0.29) is 11.8 Å². The topological polar surface area (TPSA) is 92.4 Å². The summed E-state index contributed by atoms with van der Waals surface area (Å²) >= 11 is 0. The van der Waals surface area contributed by atoms with Crippen LogP contribution in [0.3, 0.4) is 0 Å². The van der Waals surface area contributed by atoms with Crippen molar-refractivity contribution in [3.8, 4) is 11.5 Å². The number of amides is 2. The normalized spacial score (nSPS) is 12.6. The average molecular weight is 470 g/mol. The number of aromatic nitrogens is 1. The lowest BCUT2D eigenvalue weighted by Gasteiger charge is -2.16. The van der Waals surface area contributed by atoms with Gasteiger partial charge in [-0.3, -0.25) is 9.59 Å². The maximum atomic E-state index is 13.2. The molecule has 1 aliphatic rings. The lowest BCUT2D eigenvalue weighted by molar-refractivity contribution is 0.101. The van der Waals surface area contributed by atoms with Crippen LogP contribution in [0.5, 0.6) is 11.5 Å². The van der Waals surface area contributed by atoms with Crippen molar-refractivity contribution in [2.75, 3.05) is 24.9 Å². The Bertz CT molecular complexity index is 1410. The number of carbonyl (C=O) groups is 2. The van der Waals surface area contributed by atoms with E-state index in [4.69, 9.17) is 9.47 Å². The molecule has 0 unspecified atom stereocenters. The number of hydrogen-bond acceptors (Lipinski definition) is 4. The van der Waals surface area contributed by atoms with Crippen molar-refractivity contribution in [2.45, 2.75) is 25.7 Å². The molecule has 35 heavy (non-hydrogen) atoms. The van der Waals surface area contributed by atoms with E-state index in [1.807, 2.05) is 24.3 Å². The summed E-state index contributed by atoms with van der Waals surface area (Å²) < 4.78 is 11.0.